The van der Waals surface area contributed by atoms with E-state index in [-0.39, 0.29) is 0 Å². The Morgan fingerprint density at radius 3 is 2.05 bits per heavy atom. The van der Waals surface area contributed by atoms with Gasteiger partial charge in [-0.3, -0.25) is 0 Å². The number of hydrogen-bond donors (Lipinski definition) is 0. The first kappa shape index (κ1) is 13.4. The predicted molar refractivity (Wildman–Crippen MR) is 81.6 cm³/mol. The highest BCUT2D eigenvalue weighted by Crippen LogP contribution is 2.22. The SMILES string of the molecule is CCC/C=C/c1ccc(Oc2ccc(C)cc2)cc1. The number of aryl methyl sites for hydroxylation is 1. The summed E-state index contributed by atoms with van der Waals surface area (Å²) >= 11 is 0. The minimum Gasteiger partial charge on any atom is -0.457 e. The molecular formula is C18H20O. The normalized spacial score (nSPS) is 10.8. The van der Waals surface area contributed by atoms with Gasteiger partial charge in [0, 0.05) is 0 Å². The second kappa shape index (κ2) is 6.79. The maximum atomic E-state index is 5.79. The van der Waals surface area contributed by atoms with Gasteiger partial charge >= 0.3 is 0 Å². The molecule has 0 bridgehead atoms. The van der Waals surface area contributed by atoms with Gasteiger partial charge in [-0.1, -0.05) is 55.3 Å². The topological polar surface area (TPSA) is 9.23 Å². The van der Waals surface area contributed by atoms with E-state index < -0.39 is 0 Å². The minimum atomic E-state index is 0.872. The highest BCUT2D eigenvalue weighted by Gasteiger charge is 1.96. The fourth-order valence-corrected chi connectivity index (χ4v) is 1.78. The summed E-state index contributed by atoms with van der Waals surface area (Å²) in [4.78, 5) is 0. The molecule has 0 aromatic heterocycles. The van der Waals surface area contributed by atoms with Crippen molar-refractivity contribution in [3.05, 3.63) is 65.7 Å². The van der Waals surface area contributed by atoms with Gasteiger partial charge in [0.25, 0.3) is 0 Å². The van der Waals surface area contributed by atoms with Crippen LogP contribution >= 0.6 is 0 Å². The molecule has 0 amide bonds. The zero-order chi connectivity index (χ0) is 13.5. The molecular weight excluding hydrogens is 232 g/mol. The van der Waals surface area contributed by atoms with Crippen LogP contribution in [0.1, 0.15) is 30.9 Å². The lowest BCUT2D eigenvalue weighted by Gasteiger charge is -2.06. The van der Waals surface area contributed by atoms with E-state index in [0.29, 0.717) is 0 Å². The van der Waals surface area contributed by atoms with E-state index in [4.69, 9.17) is 4.74 Å². The molecule has 0 saturated heterocycles. The zero-order valence-electron chi connectivity index (χ0n) is 11.6. The molecule has 0 fully saturated rings. The number of benzene rings is 2. The van der Waals surface area contributed by atoms with Crippen molar-refractivity contribution in [1.82, 2.24) is 0 Å². The molecule has 0 unspecified atom stereocenters. The van der Waals surface area contributed by atoms with Gasteiger partial charge in [-0.15, -0.1) is 0 Å². The maximum Gasteiger partial charge on any atom is 0.127 e. The quantitative estimate of drug-likeness (QED) is 0.673. The monoisotopic (exact) mass is 252 g/mol. The molecule has 0 aliphatic rings. The average Bonchev–Trinajstić information content (AvgIpc) is 2.44. The lowest BCUT2D eigenvalue weighted by atomic mass is 10.2. The zero-order valence-corrected chi connectivity index (χ0v) is 11.6. The summed E-state index contributed by atoms with van der Waals surface area (Å²) in [6.07, 6.45) is 6.67. The van der Waals surface area contributed by atoms with Crippen LogP contribution in [0.4, 0.5) is 0 Å². The van der Waals surface area contributed by atoms with Gasteiger partial charge in [-0.2, -0.15) is 0 Å². The summed E-state index contributed by atoms with van der Waals surface area (Å²) in [6, 6.07) is 16.3. The Kier molecular flexibility index (Phi) is 4.79. The van der Waals surface area contributed by atoms with Gasteiger partial charge in [0.2, 0.25) is 0 Å². The number of ether oxygens (including phenoxy) is 1. The van der Waals surface area contributed by atoms with Crippen molar-refractivity contribution >= 4 is 6.08 Å². The molecule has 0 aliphatic carbocycles. The molecule has 98 valence electrons. The standard InChI is InChI=1S/C18H20O/c1-3-4-5-6-16-9-13-18(14-10-16)19-17-11-7-15(2)8-12-17/h5-14H,3-4H2,1-2H3/b6-5+. The van der Waals surface area contributed by atoms with E-state index in [2.05, 4.69) is 50.3 Å². The number of unbranched alkanes of at least 4 members (excludes halogenated alkanes) is 1. The van der Waals surface area contributed by atoms with Gasteiger partial charge in [0.1, 0.15) is 11.5 Å². The van der Waals surface area contributed by atoms with Gasteiger partial charge in [-0.25, -0.2) is 0 Å². The Balaban J connectivity index is 2.00. The first-order valence-corrected chi connectivity index (χ1v) is 6.79. The van der Waals surface area contributed by atoms with Crippen LogP contribution in [0.15, 0.2) is 54.6 Å². The van der Waals surface area contributed by atoms with Crippen LogP contribution < -0.4 is 4.74 Å². The molecule has 0 N–H and O–H groups in total. The number of allylic oxidation sites excluding steroid dienone is 1. The molecule has 0 aliphatic heterocycles. The van der Waals surface area contributed by atoms with Crippen LogP contribution in [0.5, 0.6) is 11.5 Å². The lowest BCUT2D eigenvalue weighted by molar-refractivity contribution is 0.482. The third-order valence-electron chi connectivity index (χ3n) is 2.90. The summed E-state index contributed by atoms with van der Waals surface area (Å²) in [5, 5.41) is 0. The molecule has 2 rings (SSSR count). The molecule has 2 aromatic rings. The second-order valence-electron chi connectivity index (χ2n) is 4.68. The summed E-state index contributed by atoms with van der Waals surface area (Å²) < 4.78 is 5.79. The first-order valence-electron chi connectivity index (χ1n) is 6.79. The van der Waals surface area contributed by atoms with Crippen LogP contribution in [0.2, 0.25) is 0 Å². The molecule has 0 radical (unpaired) electrons. The van der Waals surface area contributed by atoms with Crippen molar-refractivity contribution in [1.29, 1.82) is 0 Å². The molecule has 0 spiro atoms. The van der Waals surface area contributed by atoms with E-state index >= 15 is 0 Å². The minimum absolute atomic E-state index is 0.872. The Bertz CT molecular complexity index is 521. The third-order valence-corrected chi connectivity index (χ3v) is 2.90. The van der Waals surface area contributed by atoms with Crippen LogP contribution in [-0.2, 0) is 0 Å². The van der Waals surface area contributed by atoms with Crippen LogP contribution in [0.3, 0.4) is 0 Å². The number of hydrogen-bond acceptors (Lipinski definition) is 1. The Morgan fingerprint density at radius 1 is 0.895 bits per heavy atom. The molecule has 0 heterocycles. The summed E-state index contributed by atoms with van der Waals surface area (Å²) in [5.74, 6) is 1.75. The largest absolute Gasteiger partial charge is 0.457 e. The molecule has 0 atom stereocenters. The Hall–Kier alpha value is -2.02. The van der Waals surface area contributed by atoms with Gasteiger partial charge in [0.05, 0.1) is 0 Å². The molecule has 1 nitrogen and oxygen atoms in total. The fourth-order valence-electron chi connectivity index (χ4n) is 1.78. The van der Waals surface area contributed by atoms with Crippen molar-refractivity contribution < 1.29 is 4.74 Å². The van der Waals surface area contributed by atoms with E-state index in [0.717, 1.165) is 17.9 Å². The number of rotatable bonds is 5. The maximum absolute atomic E-state index is 5.79. The van der Waals surface area contributed by atoms with Gasteiger partial charge in [-0.05, 0) is 43.2 Å². The predicted octanol–water partition coefficient (Wildman–Crippen LogP) is 5.60. The third kappa shape index (κ3) is 4.29. The van der Waals surface area contributed by atoms with Crippen LogP contribution in [0.25, 0.3) is 6.08 Å². The van der Waals surface area contributed by atoms with Crippen molar-refractivity contribution in [3.8, 4) is 11.5 Å². The van der Waals surface area contributed by atoms with E-state index in [1.165, 1.54) is 17.5 Å². The van der Waals surface area contributed by atoms with Crippen LogP contribution in [0, 0.1) is 6.92 Å². The smallest absolute Gasteiger partial charge is 0.127 e. The van der Waals surface area contributed by atoms with Crippen molar-refractivity contribution in [3.63, 3.8) is 0 Å². The van der Waals surface area contributed by atoms with Crippen molar-refractivity contribution in [2.75, 3.05) is 0 Å². The Morgan fingerprint density at radius 2 is 1.47 bits per heavy atom. The van der Waals surface area contributed by atoms with Crippen molar-refractivity contribution in [2.45, 2.75) is 26.7 Å². The van der Waals surface area contributed by atoms with Crippen molar-refractivity contribution in [2.24, 2.45) is 0 Å². The summed E-state index contributed by atoms with van der Waals surface area (Å²) in [6.45, 7) is 4.25. The van der Waals surface area contributed by atoms with E-state index in [9.17, 15) is 0 Å². The lowest BCUT2D eigenvalue weighted by Crippen LogP contribution is -1.84. The fraction of sp³-hybridized carbons (Fsp3) is 0.222. The molecule has 1 heteroatoms. The molecule has 0 saturated carbocycles. The van der Waals surface area contributed by atoms with E-state index in [1.54, 1.807) is 0 Å². The summed E-state index contributed by atoms with van der Waals surface area (Å²) in [5.41, 5.74) is 2.45. The van der Waals surface area contributed by atoms with Gasteiger partial charge < -0.3 is 4.74 Å². The highest BCUT2D eigenvalue weighted by atomic mass is 16.5. The van der Waals surface area contributed by atoms with Gasteiger partial charge in [0.15, 0.2) is 0 Å². The first-order chi connectivity index (χ1) is 9.28. The molecule has 2 aromatic carbocycles. The highest BCUT2D eigenvalue weighted by molar-refractivity contribution is 5.50. The average molecular weight is 252 g/mol. The summed E-state index contributed by atoms with van der Waals surface area (Å²) in [7, 11) is 0. The van der Waals surface area contributed by atoms with Crippen LogP contribution in [-0.4, -0.2) is 0 Å². The second-order valence-corrected chi connectivity index (χ2v) is 4.68. The Labute approximate surface area is 115 Å². The van der Waals surface area contributed by atoms with E-state index in [1.807, 2.05) is 24.3 Å². The molecule has 19 heavy (non-hydrogen) atoms.